The molecule has 0 spiro atoms. The Morgan fingerprint density at radius 1 is 1.00 bits per heavy atom. The van der Waals surface area contributed by atoms with Gasteiger partial charge in [-0.1, -0.05) is 27.7 Å². The van der Waals surface area contributed by atoms with Crippen LogP contribution in [0.4, 0.5) is 4.79 Å². The summed E-state index contributed by atoms with van der Waals surface area (Å²) in [5.74, 6) is -0.325. The Hall–Kier alpha value is -1.83. The third-order valence-electron chi connectivity index (χ3n) is 3.41. The molecule has 0 bridgehead atoms. The summed E-state index contributed by atoms with van der Waals surface area (Å²) in [5.41, 5.74) is 5.01. The third kappa shape index (κ3) is 9.34. The molecule has 6 N–H and O–H groups in total. The van der Waals surface area contributed by atoms with Gasteiger partial charge in [0.1, 0.15) is 6.04 Å². The lowest BCUT2D eigenvalue weighted by atomic mass is 10.0. The minimum absolute atomic E-state index is 0.0961. The average molecular weight is 343 g/mol. The van der Waals surface area contributed by atoms with E-state index < -0.39 is 12.1 Å². The number of likely N-dealkylation sites (N-methyl/N-ethyl adjacent to an activating group) is 1. The molecule has 0 rings (SSSR count). The van der Waals surface area contributed by atoms with Crippen molar-refractivity contribution in [2.45, 2.75) is 65.6 Å². The fraction of sp³-hybridized carbons (Fsp3) is 0.812. The summed E-state index contributed by atoms with van der Waals surface area (Å²) >= 11 is 0. The number of hydrogen-bond donors (Lipinski definition) is 5. The van der Waals surface area contributed by atoms with Crippen LogP contribution in [0.25, 0.3) is 0 Å². The van der Waals surface area contributed by atoms with E-state index in [1.165, 1.54) is 0 Å². The molecular formula is C16H33N5O3. The van der Waals surface area contributed by atoms with Gasteiger partial charge in [-0.05, 0) is 25.7 Å². The van der Waals surface area contributed by atoms with Crippen molar-refractivity contribution < 1.29 is 14.4 Å². The maximum Gasteiger partial charge on any atom is 0.312 e. The number of rotatable bonds is 11. The Labute approximate surface area is 144 Å². The molecule has 24 heavy (non-hydrogen) atoms. The van der Waals surface area contributed by atoms with E-state index in [4.69, 9.17) is 5.73 Å². The largest absolute Gasteiger partial charge is 0.355 e. The monoisotopic (exact) mass is 343 g/mol. The average Bonchev–Trinajstić information content (AvgIpc) is 2.47. The molecule has 8 nitrogen and oxygen atoms in total. The molecular weight excluding hydrogens is 310 g/mol. The van der Waals surface area contributed by atoms with Gasteiger partial charge in [-0.15, -0.1) is 0 Å². The van der Waals surface area contributed by atoms with Crippen LogP contribution < -0.4 is 27.0 Å². The fourth-order valence-corrected chi connectivity index (χ4v) is 2.28. The normalized spacial score (nSPS) is 13.5. The van der Waals surface area contributed by atoms with Gasteiger partial charge < -0.3 is 27.0 Å². The van der Waals surface area contributed by atoms with E-state index in [1.807, 2.05) is 34.6 Å². The fourth-order valence-electron chi connectivity index (χ4n) is 2.28. The molecule has 0 aromatic heterocycles. The Kier molecular flexibility index (Phi) is 10.8. The SMILES string of the molecule is CCNC(=O)C(CCCNC(N)=O)NC(=O)C(NC(C)C)C(C)C. The molecule has 140 valence electrons. The Balaban J connectivity index is 4.78. The van der Waals surface area contributed by atoms with Gasteiger partial charge in [0.25, 0.3) is 0 Å². The highest BCUT2D eigenvalue weighted by Crippen LogP contribution is 2.05. The lowest BCUT2D eigenvalue weighted by Crippen LogP contribution is -2.55. The van der Waals surface area contributed by atoms with E-state index in [1.54, 1.807) is 0 Å². The van der Waals surface area contributed by atoms with Crippen LogP contribution in [0, 0.1) is 5.92 Å². The van der Waals surface area contributed by atoms with Crippen LogP contribution >= 0.6 is 0 Å². The lowest BCUT2D eigenvalue weighted by Gasteiger charge is -2.26. The molecule has 0 radical (unpaired) electrons. The summed E-state index contributed by atoms with van der Waals surface area (Å²) in [7, 11) is 0. The highest BCUT2D eigenvalue weighted by molar-refractivity contribution is 5.89. The molecule has 0 aromatic rings. The van der Waals surface area contributed by atoms with Crippen LogP contribution in [-0.4, -0.2) is 49.1 Å². The molecule has 0 aromatic carbocycles. The minimum Gasteiger partial charge on any atom is -0.355 e. The Morgan fingerprint density at radius 3 is 2.08 bits per heavy atom. The van der Waals surface area contributed by atoms with Crippen LogP contribution in [0.5, 0.6) is 0 Å². The predicted octanol–water partition coefficient (Wildman–Crippen LogP) is 0.0784. The minimum atomic E-state index is -0.637. The first kappa shape index (κ1) is 22.2. The van der Waals surface area contributed by atoms with Gasteiger partial charge in [-0.2, -0.15) is 0 Å². The molecule has 0 aliphatic rings. The van der Waals surface area contributed by atoms with Gasteiger partial charge in [-0.3, -0.25) is 9.59 Å². The zero-order chi connectivity index (χ0) is 18.7. The molecule has 0 aliphatic carbocycles. The maximum absolute atomic E-state index is 12.5. The quantitative estimate of drug-likeness (QED) is 0.341. The second-order valence-corrected chi connectivity index (χ2v) is 6.43. The molecule has 0 fully saturated rings. The molecule has 2 atom stereocenters. The summed E-state index contributed by atoms with van der Waals surface area (Å²) in [6.07, 6.45) is 0.958. The van der Waals surface area contributed by atoms with Crippen LogP contribution in [-0.2, 0) is 9.59 Å². The van der Waals surface area contributed by atoms with E-state index in [2.05, 4.69) is 21.3 Å². The van der Waals surface area contributed by atoms with Crippen molar-refractivity contribution in [1.29, 1.82) is 0 Å². The van der Waals surface area contributed by atoms with Crippen molar-refractivity contribution >= 4 is 17.8 Å². The van der Waals surface area contributed by atoms with E-state index in [9.17, 15) is 14.4 Å². The van der Waals surface area contributed by atoms with Crippen LogP contribution in [0.2, 0.25) is 0 Å². The van der Waals surface area contributed by atoms with Crippen molar-refractivity contribution in [3.63, 3.8) is 0 Å². The van der Waals surface area contributed by atoms with E-state index >= 15 is 0 Å². The highest BCUT2D eigenvalue weighted by atomic mass is 16.2. The van der Waals surface area contributed by atoms with Crippen LogP contribution in [0.3, 0.4) is 0 Å². The molecule has 0 saturated heterocycles. The van der Waals surface area contributed by atoms with Gasteiger partial charge >= 0.3 is 6.03 Å². The van der Waals surface area contributed by atoms with Crippen molar-refractivity contribution in [1.82, 2.24) is 21.3 Å². The number of hydrogen-bond acceptors (Lipinski definition) is 4. The first-order chi connectivity index (χ1) is 11.2. The summed E-state index contributed by atoms with van der Waals surface area (Å²) in [6.45, 7) is 10.5. The Morgan fingerprint density at radius 2 is 1.62 bits per heavy atom. The summed E-state index contributed by atoms with van der Waals surface area (Å²) in [5, 5.41) is 11.2. The van der Waals surface area contributed by atoms with Crippen molar-refractivity contribution in [3.8, 4) is 0 Å². The second kappa shape index (κ2) is 11.7. The highest BCUT2D eigenvalue weighted by Gasteiger charge is 2.27. The van der Waals surface area contributed by atoms with Gasteiger partial charge in [0, 0.05) is 19.1 Å². The first-order valence-corrected chi connectivity index (χ1v) is 8.56. The van der Waals surface area contributed by atoms with E-state index in [0.29, 0.717) is 25.9 Å². The van der Waals surface area contributed by atoms with Gasteiger partial charge in [0.05, 0.1) is 6.04 Å². The van der Waals surface area contributed by atoms with Crippen molar-refractivity contribution in [2.75, 3.05) is 13.1 Å². The van der Waals surface area contributed by atoms with Gasteiger partial charge in [-0.25, -0.2) is 4.79 Å². The molecule has 4 amide bonds. The van der Waals surface area contributed by atoms with Crippen molar-refractivity contribution in [2.24, 2.45) is 11.7 Å². The number of carbonyl (C=O) groups excluding carboxylic acids is 3. The third-order valence-corrected chi connectivity index (χ3v) is 3.41. The van der Waals surface area contributed by atoms with E-state index in [0.717, 1.165) is 0 Å². The maximum atomic E-state index is 12.5. The number of nitrogens with one attached hydrogen (secondary N) is 4. The smallest absolute Gasteiger partial charge is 0.312 e. The first-order valence-electron chi connectivity index (χ1n) is 8.56. The van der Waals surface area contributed by atoms with Crippen LogP contribution in [0.15, 0.2) is 0 Å². The topological polar surface area (TPSA) is 125 Å². The number of nitrogens with two attached hydrogens (primary N) is 1. The zero-order valence-corrected chi connectivity index (χ0v) is 15.4. The lowest BCUT2D eigenvalue weighted by molar-refractivity contribution is -0.130. The summed E-state index contributed by atoms with van der Waals surface area (Å²) in [6, 6.07) is -1.45. The van der Waals surface area contributed by atoms with Gasteiger partial charge in [0.15, 0.2) is 0 Å². The molecule has 8 heteroatoms. The standard InChI is InChI=1S/C16H33N5O3/c1-6-18-14(22)12(8-7-9-19-16(17)24)21-15(23)13(10(2)3)20-11(4)5/h10-13,20H,6-9H2,1-5H3,(H,18,22)(H,21,23)(H3,17,19,24). The van der Waals surface area contributed by atoms with Gasteiger partial charge in [0.2, 0.25) is 11.8 Å². The second-order valence-electron chi connectivity index (χ2n) is 6.43. The van der Waals surface area contributed by atoms with Crippen molar-refractivity contribution in [3.05, 3.63) is 0 Å². The number of carbonyl (C=O) groups is 3. The summed E-state index contributed by atoms with van der Waals surface area (Å²) < 4.78 is 0. The van der Waals surface area contributed by atoms with E-state index in [-0.39, 0.29) is 29.8 Å². The zero-order valence-electron chi connectivity index (χ0n) is 15.4. The molecule has 0 heterocycles. The molecule has 2 unspecified atom stereocenters. The summed E-state index contributed by atoms with van der Waals surface area (Å²) in [4.78, 5) is 35.4. The number of amides is 4. The number of primary amides is 1. The Bertz CT molecular complexity index is 413. The van der Waals surface area contributed by atoms with Crippen LogP contribution in [0.1, 0.15) is 47.5 Å². The number of urea groups is 1. The molecule has 0 aliphatic heterocycles. The predicted molar refractivity (Wildman–Crippen MR) is 94.3 cm³/mol. The molecule has 0 saturated carbocycles.